The monoisotopic (exact) mass is 209 g/mol. The molecule has 2 heteroatoms. The van der Waals surface area contributed by atoms with Crippen LogP contribution in [0.15, 0.2) is 18.2 Å². The predicted octanol–water partition coefficient (Wildman–Crippen LogP) is 3.26. The summed E-state index contributed by atoms with van der Waals surface area (Å²) in [5.41, 5.74) is 7.42. The van der Waals surface area contributed by atoms with E-state index in [0.717, 1.165) is 11.1 Å². The van der Waals surface area contributed by atoms with Crippen molar-refractivity contribution in [2.24, 2.45) is 5.73 Å². The lowest BCUT2D eigenvalue weighted by Gasteiger charge is -2.19. The molecule has 1 atom stereocenters. The van der Waals surface area contributed by atoms with Gasteiger partial charge in [-0.25, -0.2) is 4.39 Å². The molecule has 0 spiro atoms. The van der Waals surface area contributed by atoms with Crippen LogP contribution in [0.5, 0.6) is 0 Å². The van der Waals surface area contributed by atoms with E-state index in [0.29, 0.717) is 6.54 Å². The average molecular weight is 209 g/mol. The van der Waals surface area contributed by atoms with Gasteiger partial charge in [0.05, 0.1) is 0 Å². The molecule has 0 fully saturated rings. The lowest BCUT2D eigenvalue weighted by Crippen LogP contribution is -2.14. The van der Waals surface area contributed by atoms with Gasteiger partial charge in [0.2, 0.25) is 0 Å². The van der Waals surface area contributed by atoms with Crippen LogP contribution in [0, 0.1) is 6.92 Å². The number of aryl methyl sites for hydroxylation is 1. The average Bonchev–Trinajstić information content (AvgIpc) is 2.15. The van der Waals surface area contributed by atoms with E-state index in [2.05, 4.69) is 6.92 Å². The van der Waals surface area contributed by atoms with Gasteiger partial charge in [-0.3, -0.25) is 0 Å². The van der Waals surface area contributed by atoms with E-state index in [9.17, 15) is 4.39 Å². The van der Waals surface area contributed by atoms with Crippen molar-refractivity contribution in [1.82, 2.24) is 0 Å². The van der Waals surface area contributed by atoms with Crippen LogP contribution in [-0.2, 0) is 5.67 Å². The number of rotatable bonds is 3. The summed E-state index contributed by atoms with van der Waals surface area (Å²) in [7, 11) is 0. The van der Waals surface area contributed by atoms with Crippen molar-refractivity contribution < 1.29 is 4.39 Å². The molecule has 1 aromatic rings. The molecule has 0 saturated carbocycles. The third kappa shape index (κ3) is 2.78. The van der Waals surface area contributed by atoms with Crippen molar-refractivity contribution in [3.05, 3.63) is 34.9 Å². The Balaban J connectivity index is 3.17. The van der Waals surface area contributed by atoms with Crippen molar-refractivity contribution in [3.63, 3.8) is 0 Å². The van der Waals surface area contributed by atoms with Gasteiger partial charge < -0.3 is 5.73 Å². The van der Waals surface area contributed by atoms with Gasteiger partial charge in [-0.2, -0.15) is 0 Å². The van der Waals surface area contributed by atoms with Crippen LogP contribution < -0.4 is 5.73 Å². The SMILES string of the molecule is Cc1ccc(C(C)(C)F)cc1C(C)CN. The van der Waals surface area contributed by atoms with Gasteiger partial charge in [-0.05, 0) is 49.9 Å². The van der Waals surface area contributed by atoms with Gasteiger partial charge in [0.15, 0.2) is 0 Å². The molecule has 1 rings (SSSR count). The number of hydrogen-bond acceptors (Lipinski definition) is 1. The lowest BCUT2D eigenvalue weighted by molar-refractivity contribution is 0.221. The summed E-state index contributed by atoms with van der Waals surface area (Å²) in [6.07, 6.45) is 0. The van der Waals surface area contributed by atoms with E-state index in [1.807, 2.05) is 25.1 Å². The van der Waals surface area contributed by atoms with Gasteiger partial charge in [0.1, 0.15) is 5.67 Å². The minimum atomic E-state index is -1.28. The van der Waals surface area contributed by atoms with E-state index >= 15 is 0 Å². The highest BCUT2D eigenvalue weighted by molar-refractivity contribution is 5.36. The quantitative estimate of drug-likeness (QED) is 0.812. The van der Waals surface area contributed by atoms with Crippen molar-refractivity contribution in [3.8, 4) is 0 Å². The second-order valence-corrected chi connectivity index (χ2v) is 4.68. The van der Waals surface area contributed by atoms with Gasteiger partial charge in [-0.15, -0.1) is 0 Å². The number of nitrogens with two attached hydrogens (primary N) is 1. The molecule has 0 bridgehead atoms. The van der Waals surface area contributed by atoms with E-state index in [1.165, 1.54) is 5.56 Å². The fourth-order valence-corrected chi connectivity index (χ4v) is 1.67. The zero-order chi connectivity index (χ0) is 11.6. The zero-order valence-electron chi connectivity index (χ0n) is 9.97. The third-order valence-corrected chi connectivity index (χ3v) is 2.85. The van der Waals surface area contributed by atoms with E-state index in [1.54, 1.807) is 13.8 Å². The van der Waals surface area contributed by atoms with Gasteiger partial charge >= 0.3 is 0 Å². The van der Waals surface area contributed by atoms with Crippen LogP contribution in [0.2, 0.25) is 0 Å². The molecule has 2 N–H and O–H groups in total. The Bertz CT molecular complexity index is 339. The molecule has 0 aliphatic heterocycles. The highest BCUT2D eigenvalue weighted by atomic mass is 19.1. The molecule has 1 unspecified atom stereocenters. The van der Waals surface area contributed by atoms with Crippen molar-refractivity contribution >= 4 is 0 Å². The van der Waals surface area contributed by atoms with Crippen molar-refractivity contribution in [1.29, 1.82) is 0 Å². The number of benzene rings is 1. The molecule has 0 aromatic heterocycles. The molecule has 0 amide bonds. The first-order valence-corrected chi connectivity index (χ1v) is 5.36. The standard InChI is InChI=1S/C13H20FN/c1-9-5-6-11(13(3,4)14)7-12(9)10(2)8-15/h5-7,10H,8,15H2,1-4H3. The van der Waals surface area contributed by atoms with Crippen LogP contribution in [-0.4, -0.2) is 6.54 Å². The highest BCUT2D eigenvalue weighted by Crippen LogP contribution is 2.28. The number of hydrogen-bond donors (Lipinski definition) is 1. The number of halogens is 1. The first-order valence-electron chi connectivity index (χ1n) is 5.36. The minimum absolute atomic E-state index is 0.285. The van der Waals surface area contributed by atoms with E-state index in [-0.39, 0.29) is 5.92 Å². The molecule has 15 heavy (non-hydrogen) atoms. The molecule has 0 aliphatic rings. The first kappa shape index (κ1) is 12.2. The summed E-state index contributed by atoms with van der Waals surface area (Å²) in [5.74, 6) is 0.285. The Morgan fingerprint density at radius 1 is 1.40 bits per heavy atom. The van der Waals surface area contributed by atoms with Crippen LogP contribution in [0.1, 0.15) is 43.4 Å². The molecule has 0 aliphatic carbocycles. The summed E-state index contributed by atoms with van der Waals surface area (Å²) < 4.78 is 13.8. The summed E-state index contributed by atoms with van der Waals surface area (Å²) in [5, 5.41) is 0. The van der Waals surface area contributed by atoms with Crippen LogP contribution in [0.25, 0.3) is 0 Å². The molecule has 84 valence electrons. The second kappa shape index (κ2) is 4.31. The molecular weight excluding hydrogens is 189 g/mol. The molecule has 1 aromatic carbocycles. The fraction of sp³-hybridized carbons (Fsp3) is 0.538. The summed E-state index contributed by atoms with van der Waals surface area (Å²) in [4.78, 5) is 0. The van der Waals surface area contributed by atoms with E-state index < -0.39 is 5.67 Å². The largest absolute Gasteiger partial charge is 0.330 e. The maximum Gasteiger partial charge on any atom is 0.130 e. The van der Waals surface area contributed by atoms with E-state index in [4.69, 9.17) is 5.73 Å². The predicted molar refractivity (Wildman–Crippen MR) is 62.8 cm³/mol. The maximum absolute atomic E-state index is 13.8. The maximum atomic E-state index is 13.8. The van der Waals surface area contributed by atoms with Gasteiger partial charge in [0, 0.05) is 0 Å². The second-order valence-electron chi connectivity index (χ2n) is 4.68. The smallest absolute Gasteiger partial charge is 0.130 e. The summed E-state index contributed by atoms with van der Waals surface area (Å²) >= 11 is 0. The zero-order valence-corrected chi connectivity index (χ0v) is 9.97. The van der Waals surface area contributed by atoms with Crippen molar-refractivity contribution in [2.75, 3.05) is 6.54 Å². The lowest BCUT2D eigenvalue weighted by atomic mass is 9.90. The highest BCUT2D eigenvalue weighted by Gasteiger charge is 2.20. The summed E-state index contributed by atoms with van der Waals surface area (Å²) in [6.45, 7) is 7.86. The molecular formula is C13H20FN. The Morgan fingerprint density at radius 3 is 2.47 bits per heavy atom. The van der Waals surface area contributed by atoms with Gasteiger partial charge in [-0.1, -0.05) is 25.1 Å². The Morgan fingerprint density at radius 2 is 2.00 bits per heavy atom. The van der Waals surface area contributed by atoms with Crippen molar-refractivity contribution in [2.45, 2.75) is 39.3 Å². The normalized spacial score (nSPS) is 14.0. The first-order chi connectivity index (χ1) is 6.86. The van der Waals surface area contributed by atoms with Crippen LogP contribution in [0.3, 0.4) is 0 Å². The molecule has 0 heterocycles. The topological polar surface area (TPSA) is 26.0 Å². The third-order valence-electron chi connectivity index (χ3n) is 2.85. The minimum Gasteiger partial charge on any atom is -0.330 e. The number of alkyl halides is 1. The molecule has 0 radical (unpaired) electrons. The Kier molecular flexibility index (Phi) is 3.50. The van der Waals surface area contributed by atoms with Crippen LogP contribution in [0.4, 0.5) is 4.39 Å². The fourth-order valence-electron chi connectivity index (χ4n) is 1.67. The van der Waals surface area contributed by atoms with Gasteiger partial charge in [0.25, 0.3) is 0 Å². The Hall–Kier alpha value is -0.890. The molecule has 0 saturated heterocycles. The summed E-state index contributed by atoms with van der Waals surface area (Å²) in [6, 6.07) is 5.76. The molecule has 1 nitrogen and oxygen atoms in total. The Labute approximate surface area is 91.5 Å². The van der Waals surface area contributed by atoms with Crippen LogP contribution >= 0.6 is 0 Å².